The highest BCUT2D eigenvalue weighted by Gasteiger charge is 2.36. The van der Waals surface area contributed by atoms with Crippen LogP contribution in [0.5, 0.6) is 0 Å². The zero-order valence-corrected chi connectivity index (χ0v) is 34.1. The highest BCUT2D eigenvalue weighted by molar-refractivity contribution is 7.25. The Bertz CT molecular complexity index is 3520. The molecule has 12 rings (SSSR count). The number of rotatable bonds is 5. The van der Waals surface area contributed by atoms with E-state index in [2.05, 4.69) is 202 Å². The van der Waals surface area contributed by atoms with E-state index in [1.807, 2.05) is 17.4 Å². The maximum atomic E-state index is 5.30. The molecule has 0 N–H and O–H groups in total. The summed E-state index contributed by atoms with van der Waals surface area (Å²) in [7, 11) is 0. The molecule has 0 radical (unpaired) electrons. The maximum Gasteiger partial charge on any atom is 0.160 e. The standard InChI is InChI=1S/C57H38N2S/c1-57(2)48-30-27-38(33-47(48)54-41-19-7-6-14-35(41)26-31-49(54)57)37-17-12-18-39(32-37)40-28-29-44(43-21-9-8-20-42(40)43)50-34-51(59-56(58-50)36-15-4-3-5-16-36)45-23-13-25-53-55(45)46-22-10-11-24-52(46)60-53/h3-34H,1-2H3. The van der Waals surface area contributed by atoms with E-state index in [0.717, 1.165) is 33.5 Å². The molecule has 1 aliphatic rings. The first-order valence-corrected chi connectivity index (χ1v) is 21.5. The molecule has 9 aromatic carbocycles. The predicted octanol–water partition coefficient (Wildman–Crippen LogP) is 15.8. The third-order valence-corrected chi connectivity index (χ3v) is 13.8. The van der Waals surface area contributed by atoms with Crippen molar-refractivity contribution in [3.05, 3.63) is 205 Å². The van der Waals surface area contributed by atoms with Gasteiger partial charge in [-0.25, -0.2) is 9.97 Å². The fourth-order valence-electron chi connectivity index (χ4n) is 9.77. The minimum atomic E-state index is -0.0619. The molecule has 282 valence electrons. The fraction of sp³-hybridized carbons (Fsp3) is 0.0526. The van der Waals surface area contributed by atoms with Crippen LogP contribution in [-0.2, 0) is 5.41 Å². The Morgan fingerprint density at radius 3 is 1.85 bits per heavy atom. The Morgan fingerprint density at radius 1 is 0.383 bits per heavy atom. The summed E-state index contributed by atoms with van der Waals surface area (Å²) < 4.78 is 2.54. The van der Waals surface area contributed by atoms with E-state index < -0.39 is 0 Å². The van der Waals surface area contributed by atoms with Gasteiger partial charge >= 0.3 is 0 Å². The summed E-state index contributed by atoms with van der Waals surface area (Å²) in [6.07, 6.45) is 0. The van der Waals surface area contributed by atoms with Crippen LogP contribution >= 0.6 is 11.3 Å². The number of fused-ring (bicyclic) bond motifs is 9. The van der Waals surface area contributed by atoms with E-state index in [4.69, 9.17) is 9.97 Å². The molecule has 0 saturated heterocycles. The molecular weight excluding hydrogens is 745 g/mol. The molecule has 11 aromatic rings. The highest BCUT2D eigenvalue weighted by atomic mass is 32.1. The summed E-state index contributed by atoms with van der Waals surface area (Å²) in [5.41, 5.74) is 15.3. The van der Waals surface area contributed by atoms with E-state index in [1.165, 1.54) is 80.8 Å². The molecule has 2 aromatic heterocycles. The molecular formula is C57H38N2S. The lowest BCUT2D eigenvalue weighted by atomic mass is 9.82. The molecule has 60 heavy (non-hydrogen) atoms. The van der Waals surface area contributed by atoms with Crippen LogP contribution in [-0.4, -0.2) is 9.97 Å². The van der Waals surface area contributed by atoms with E-state index in [9.17, 15) is 0 Å². The van der Waals surface area contributed by atoms with Gasteiger partial charge in [-0.2, -0.15) is 0 Å². The summed E-state index contributed by atoms with van der Waals surface area (Å²) in [5, 5.41) is 7.45. The molecule has 0 saturated carbocycles. The molecule has 0 fully saturated rings. The Morgan fingerprint density at radius 2 is 1.00 bits per heavy atom. The normalized spacial score (nSPS) is 13.0. The number of thiophene rings is 1. The fourth-order valence-corrected chi connectivity index (χ4v) is 10.9. The second kappa shape index (κ2) is 13.4. The second-order valence-corrected chi connectivity index (χ2v) is 17.6. The van der Waals surface area contributed by atoms with Crippen molar-refractivity contribution in [2.45, 2.75) is 19.3 Å². The maximum absolute atomic E-state index is 5.30. The molecule has 0 aliphatic heterocycles. The first-order valence-electron chi connectivity index (χ1n) is 20.6. The van der Waals surface area contributed by atoms with Crippen molar-refractivity contribution >= 4 is 53.1 Å². The minimum absolute atomic E-state index is 0.0619. The summed E-state index contributed by atoms with van der Waals surface area (Å²) in [4.78, 5) is 10.6. The lowest BCUT2D eigenvalue weighted by molar-refractivity contribution is 0.661. The monoisotopic (exact) mass is 782 g/mol. The topological polar surface area (TPSA) is 25.8 Å². The molecule has 2 nitrogen and oxygen atoms in total. The molecule has 0 bridgehead atoms. The zero-order valence-electron chi connectivity index (χ0n) is 33.3. The molecule has 3 heteroatoms. The molecule has 0 amide bonds. The summed E-state index contributed by atoms with van der Waals surface area (Å²) in [6.45, 7) is 4.72. The number of hydrogen-bond donors (Lipinski definition) is 0. The molecule has 0 unspecified atom stereocenters. The van der Waals surface area contributed by atoms with Crippen LogP contribution in [0.2, 0.25) is 0 Å². The van der Waals surface area contributed by atoms with Gasteiger partial charge in [0.1, 0.15) is 0 Å². The quantitative estimate of drug-likeness (QED) is 0.174. The van der Waals surface area contributed by atoms with E-state index in [1.54, 1.807) is 0 Å². The van der Waals surface area contributed by atoms with E-state index >= 15 is 0 Å². The second-order valence-electron chi connectivity index (χ2n) is 16.5. The Balaban J connectivity index is 0.997. The minimum Gasteiger partial charge on any atom is -0.228 e. The van der Waals surface area contributed by atoms with Gasteiger partial charge in [0.25, 0.3) is 0 Å². The van der Waals surface area contributed by atoms with Crippen molar-refractivity contribution in [3.63, 3.8) is 0 Å². The average molecular weight is 783 g/mol. The largest absolute Gasteiger partial charge is 0.228 e. The van der Waals surface area contributed by atoms with Crippen molar-refractivity contribution in [1.82, 2.24) is 9.97 Å². The molecule has 1 aliphatic carbocycles. The van der Waals surface area contributed by atoms with Gasteiger partial charge in [-0.15, -0.1) is 11.3 Å². The average Bonchev–Trinajstić information content (AvgIpc) is 3.80. The van der Waals surface area contributed by atoms with Crippen LogP contribution in [0.15, 0.2) is 194 Å². The van der Waals surface area contributed by atoms with Crippen molar-refractivity contribution < 1.29 is 0 Å². The van der Waals surface area contributed by atoms with Crippen LogP contribution in [0.4, 0.5) is 0 Å². The van der Waals surface area contributed by atoms with Crippen molar-refractivity contribution in [1.29, 1.82) is 0 Å². The number of benzene rings is 9. The summed E-state index contributed by atoms with van der Waals surface area (Å²) in [6, 6.07) is 70.6. The van der Waals surface area contributed by atoms with Crippen LogP contribution in [0.25, 0.3) is 109 Å². The van der Waals surface area contributed by atoms with Crippen LogP contribution in [0.1, 0.15) is 25.0 Å². The number of nitrogens with zero attached hydrogens (tertiary/aromatic N) is 2. The molecule has 0 spiro atoms. The summed E-state index contributed by atoms with van der Waals surface area (Å²) in [5.74, 6) is 0.717. The van der Waals surface area contributed by atoms with Crippen molar-refractivity contribution in [3.8, 4) is 67.3 Å². The lowest BCUT2D eigenvalue weighted by Crippen LogP contribution is -2.14. The molecule has 0 atom stereocenters. The summed E-state index contributed by atoms with van der Waals surface area (Å²) >= 11 is 1.83. The van der Waals surface area contributed by atoms with Gasteiger partial charge in [0, 0.05) is 42.3 Å². The number of hydrogen-bond acceptors (Lipinski definition) is 3. The van der Waals surface area contributed by atoms with Gasteiger partial charge in [0.2, 0.25) is 0 Å². The molecule has 2 heterocycles. The Hall–Kier alpha value is -7.20. The predicted molar refractivity (Wildman–Crippen MR) is 255 cm³/mol. The lowest BCUT2D eigenvalue weighted by Gasteiger charge is -2.21. The zero-order chi connectivity index (χ0) is 40.0. The van der Waals surface area contributed by atoms with Crippen LogP contribution in [0, 0.1) is 0 Å². The highest BCUT2D eigenvalue weighted by Crippen LogP contribution is 2.52. The van der Waals surface area contributed by atoms with E-state index in [-0.39, 0.29) is 5.41 Å². The van der Waals surface area contributed by atoms with Crippen molar-refractivity contribution in [2.24, 2.45) is 0 Å². The van der Waals surface area contributed by atoms with Crippen LogP contribution in [0.3, 0.4) is 0 Å². The van der Waals surface area contributed by atoms with Crippen molar-refractivity contribution in [2.75, 3.05) is 0 Å². The van der Waals surface area contributed by atoms with E-state index in [0.29, 0.717) is 5.82 Å². The van der Waals surface area contributed by atoms with Gasteiger partial charge in [0.15, 0.2) is 5.82 Å². The SMILES string of the molecule is CC1(C)c2ccc(-c3cccc(-c4ccc(-c5cc(-c6cccc7sc8ccccc8c67)nc(-c6ccccc6)n5)c5ccccc45)c3)cc2-c2c1ccc1ccccc21. The van der Waals surface area contributed by atoms with Gasteiger partial charge < -0.3 is 0 Å². The van der Waals surface area contributed by atoms with Gasteiger partial charge in [-0.1, -0.05) is 178 Å². The Labute approximate surface area is 353 Å². The first-order chi connectivity index (χ1) is 29.5. The van der Waals surface area contributed by atoms with Gasteiger partial charge in [-0.3, -0.25) is 0 Å². The third kappa shape index (κ3) is 5.40. The third-order valence-electron chi connectivity index (χ3n) is 12.7. The Kier molecular flexibility index (Phi) is 7.79. The smallest absolute Gasteiger partial charge is 0.160 e. The van der Waals surface area contributed by atoms with Gasteiger partial charge in [0.05, 0.1) is 11.4 Å². The van der Waals surface area contributed by atoms with Crippen LogP contribution < -0.4 is 0 Å². The number of aromatic nitrogens is 2. The first kappa shape index (κ1) is 34.8. The van der Waals surface area contributed by atoms with Gasteiger partial charge in [-0.05, 0) is 96.4 Å².